The number of carbonyl (C=O) groups excluding carboxylic acids is 1. The molecule has 1 N–H and O–H groups in total. The van der Waals surface area contributed by atoms with Crippen molar-refractivity contribution in [3.8, 4) is 0 Å². The van der Waals surface area contributed by atoms with Gasteiger partial charge in [-0.2, -0.15) is 0 Å². The Morgan fingerprint density at radius 3 is 2.75 bits per heavy atom. The van der Waals surface area contributed by atoms with Crippen molar-refractivity contribution in [2.24, 2.45) is 0 Å². The summed E-state index contributed by atoms with van der Waals surface area (Å²) in [5.74, 6) is -0.626. The van der Waals surface area contributed by atoms with Gasteiger partial charge in [0.1, 0.15) is 6.54 Å². The van der Waals surface area contributed by atoms with E-state index in [9.17, 15) is 14.4 Å². The molecular weight excluding hydrogens is 262 g/mol. The highest BCUT2D eigenvalue weighted by molar-refractivity contribution is 5.76. The quantitative estimate of drug-likeness (QED) is 0.833. The predicted molar refractivity (Wildman–Crippen MR) is 74.6 cm³/mol. The number of aromatic amines is 1. The smallest absolute Gasteiger partial charge is 0.329 e. The van der Waals surface area contributed by atoms with Crippen molar-refractivity contribution in [2.45, 2.75) is 27.3 Å². The van der Waals surface area contributed by atoms with E-state index in [1.807, 2.05) is 13.8 Å². The standard InChI is InChI=1S/C11H11N3O4.C2H6/c1-2-18-9(15)6-14-10(16)7-3-4-12-5-8(7)13-11(14)17;1-2/h3-5H,2,6H2,1H3,(H,13,17);1-2H3. The molecule has 0 aliphatic heterocycles. The highest BCUT2D eigenvalue weighted by Crippen LogP contribution is 2.00. The second-order valence-electron chi connectivity index (χ2n) is 3.55. The molecule has 0 fully saturated rings. The molecule has 0 atom stereocenters. The van der Waals surface area contributed by atoms with E-state index in [1.165, 1.54) is 18.5 Å². The van der Waals surface area contributed by atoms with Gasteiger partial charge in [0, 0.05) is 6.20 Å². The maximum absolute atomic E-state index is 12.0. The van der Waals surface area contributed by atoms with Crippen LogP contribution in [0.1, 0.15) is 20.8 Å². The van der Waals surface area contributed by atoms with E-state index >= 15 is 0 Å². The molecule has 2 heterocycles. The zero-order valence-corrected chi connectivity index (χ0v) is 11.7. The lowest BCUT2D eigenvalue weighted by atomic mass is 10.3. The van der Waals surface area contributed by atoms with Crippen molar-refractivity contribution < 1.29 is 9.53 Å². The van der Waals surface area contributed by atoms with Gasteiger partial charge in [-0.1, -0.05) is 13.8 Å². The molecule has 2 aromatic rings. The third-order valence-corrected chi connectivity index (χ3v) is 2.38. The summed E-state index contributed by atoms with van der Waals surface area (Å²) in [4.78, 5) is 41.3. The summed E-state index contributed by atoms with van der Waals surface area (Å²) in [7, 11) is 0. The average Bonchev–Trinajstić information content (AvgIpc) is 2.46. The minimum absolute atomic E-state index is 0.197. The van der Waals surface area contributed by atoms with Crippen LogP contribution >= 0.6 is 0 Å². The molecular formula is C13H17N3O4. The molecule has 20 heavy (non-hydrogen) atoms. The van der Waals surface area contributed by atoms with Gasteiger partial charge in [-0.15, -0.1) is 0 Å². The molecule has 0 aliphatic rings. The Balaban J connectivity index is 0.000000956. The van der Waals surface area contributed by atoms with E-state index in [1.54, 1.807) is 6.92 Å². The first-order valence-electron chi connectivity index (χ1n) is 6.36. The van der Waals surface area contributed by atoms with Crippen molar-refractivity contribution in [1.82, 2.24) is 14.5 Å². The number of carbonyl (C=O) groups is 1. The molecule has 0 saturated carbocycles. The molecule has 0 aliphatic carbocycles. The van der Waals surface area contributed by atoms with Gasteiger partial charge in [0.25, 0.3) is 5.56 Å². The highest BCUT2D eigenvalue weighted by atomic mass is 16.5. The number of hydrogen-bond acceptors (Lipinski definition) is 5. The number of nitrogens with one attached hydrogen (secondary N) is 1. The van der Waals surface area contributed by atoms with Crippen molar-refractivity contribution in [1.29, 1.82) is 0 Å². The summed E-state index contributed by atoms with van der Waals surface area (Å²) in [6.07, 6.45) is 2.82. The first-order chi connectivity index (χ1) is 9.63. The fourth-order valence-electron chi connectivity index (χ4n) is 1.58. The minimum Gasteiger partial charge on any atom is -0.465 e. The largest absolute Gasteiger partial charge is 0.465 e. The van der Waals surface area contributed by atoms with Crippen LogP contribution in [0.15, 0.2) is 28.0 Å². The van der Waals surface area contributed by atoms with Crippen LogP contribution in [0, 0.1) is 0 Å². The van der Waals surface area contributed by atoms with E-state index in [0.29, 0.717) is 10.9 Å². The summed E-state index contributed by atoms with van der Waals surface area (Å²) in [6, 6.07) is 1.48. The monoisotopic (exact) mass is 279 g/mol. The van der Waals surface area contributed by atoms with Crippen LogP contribution in [0.3, 0.4) is 0 Å². The molecule has 0 saturated heterocycles. The molecule has 7 nitrogen and oxygen atoms in total. The summed E-state index contributed by atoms with van der Waals surface area (Å²) in [5, 5.41) is 0.300. The van der Waals surface area contributed by atoms with Crippen LogP contribution in [0.25, 0.3) is 10.9 Å². The molecule has 0 radical (unpaired) electrons. The van der Waals surface area contributed by atoms with Crippen molar-refractivity contribution >= 4 is 16.9 Å². The van der Waals surface area contributed by atoms with Crippen molar-refractivity contribution in [3.63, 3.8) is 0 Å². The van der Waals surface area contributed by atoms with Crippen LogP contribution in [-0.4, -0.2) is 27.1 Å². The lowest BCUT2D eigenvalue weighted by Gasteiger charge is -2.05. The molecule has 0 aromatic carbocycles. The third kappa shape index (κ3) is 3.31. The molecule has 0 spiro atoms. The van der Waals surface area contributed by atoms with E-state index in [0.717, 1.165) is 4.57 Å². The zero-order chi connectivity index (χ0) is 15.1. The number of H-pyrrole nitrogens is 1. The van der Waals surface area contributed by atoms with E-state index in [-0.39, 0.29) is 6.61 Å². The molecule has 7 heteroatoms. The number of esters is 1. The molecule has 2 rings (SSSR count). The van der Waals surface area contributed by atoms with Gasteiger partial charge in [-0.3, -0.25) is 14.6 Å². The minimum atomic E-state index is -0.659. The topological polar surface area (TPSA) is 94.1 Å². The predicted octanol–water partition coefficient (Wildman–Crippen LogP) is 0.674. The lowest BCUT2D eigenvalue weighted by Crippen LogP contribution is -2.37. The Morgan fingerprint density at radius 2 is 2.10 bits per heavy atom. The van der Waals surface area contributed by atoms with Gasteiger partial charge in [0.05, 0.1) is 23.7 Å². The maximum Gasteiger partial charge on any atom is 0.329 e. The summed E-state index contributed by atoms with van der Waals surface area (Å²) < 4.78 is 5.51. The summed E-state index contributed by atoms with van der Waals surface area (Å²) in [5.41, 5.74) is -0.856. The summed E-state index contributed by atoms with van der Waals surface area (Å²) >= 11 is 0. The van der Waals surface area contributed by atoms with Crippen molar-refractivity contribution in [3.05, 3.63) is 39.3 Å². The van der Waals surface area contributed by atoms with Gasteiger partial charge in [-0.25, -0.2) is 9.36 Å². The SMILES string of the molecule is CC.CCOC(=O)Cn1c(=O)[nH]c2cnccc2c1=O. The second kappa shape index (κ2) is 7.22. The van der Waals surface area contributed by atoms with E-state index in [4.69, 9.17) is 4.74 Å². The molecule has 0 unspecified atom stereocenters. The third-order valence-electron chi connectivity index (χ3n) is 2.38. The highest BCUT2D eigenvalue weighted by Gasteiger charge is 2.11. The van der Waals surface area contributed by atoms with Gasteiger partial charge >= 0.3 is 11.7 Å². The Kier molecular flexibility index (Phi) is 5.64. The fourth-order valence-corrected chi connectivity index (χ4v) is 1.58. The van der Waals surface area contributed by atoms with Crippen LogP contribution in [0.2, 0.25) is 0 Å². The lowest BCUT2D eigenvalue weighted by molar-refractivity contribution is -0.143. The van der Waals surface area contributed by atoms with Crippen LogP contribution in [-0.2, 0) is 16.1 Å². The maximum atomic E-state index is 12.0. The Hall–Kier alpha value is -2.44. The normalized spacial score (nSPS) is 9.75. The molecule has 2 aromatic heterocycles. The van der Waals surface area contributed by atoms with Crippen LogP contribution in [0.4, 0.5) is 0 Å². The number of rotatable bonds is 3. The number of aromatic nitrogens is 3. The molecule has 0 amide bonds. The molecule has 0 bridgehead atoms. The average molecular weight is 279 g/mol. The summed E-state index contributed by atoms with van der Waals surface area (Å²) in [6.45, 7) is 5.44. The molecule has 108 valence electrons. The van der Waals surface area contributed by atoms with E-state index in [2.05, 4.69) is 9.97 Å². The Bertz CT molecular complexity index is 703. The number of ether oxygens (including phenoxy) is 1. The Morgan fingerprint density at radius 1 is 1.40 bits per heavy atom. The second-order valence-corrected chi connectivity index (χ2v) is 3.55. The fraction of sp³-hybridized carbons (Fsp3) is 0.385. The van der Waals surface area contributed by atoms with Gasteiger partial charge in [0.15, 0.2) is 0 Å². The number of fused-ring (bicyclic) bond motifs is 1. The van der Waals surface area contributed by atoms with Gasteiger partial charge in [0.2, 0.25) is 0 Å². The van der Waals surface area contributed by atoms with E-state index < -0.39 is 23.8 Å². The van der Waals surface area contributed by atoms with Crippen LogP contribution in [0.5, 0.6) is 0 Å². The number of nitrogens with zero attached hydrogens (tertiary/aromatic N) is 2. The first kappa shape index (κ1) is 15.6. The van der Waals surface area contributed by atoms with Gasteiger partial charge in [-0.05, 0) is 13.0 Å². The van der Waals surface area contributed by atoms with Crippen molar-refractivity contribution in [2.75, 3.05) is 6.61 Å². The first-order valence-corrected chi connectivity index (χ1v) is 6.36. The number of pyridine rings is 1. The number of hydrogen-bond donors (Lipinski definition) is 1. The van der Waals surface area contributed by atoms with Gasteiger partial charge < -0.3 is 9.72 Å². The van der Waals surface area contributed by atoms with Crippen LogP contribution < -0.4 is 11.2 Å². The Labute approximate surface area is 115 Å². The zero-order valence-electron chi connectivity index (χ0n) is 11.7.